The molecule has 0 bridgehead atoms. The highest BCUT2D eigenvalue weighted by molar-refractivity contribution is 6.09. The summed E-state index contributed by atoms with van der Waals surface area (Å²) < 4.78 is 5.25. The topological polar surface area (TPSA) is 42.1 Å². The molecule has 1 saturated carbocycles. The van der Waals surface area contributed by atoms with Crippen LogP contribution in [0.3, 0.4) is 0 Å². The van der Waals surface area contributed by atoms with E-state index < -0.39 is 0 Å². The van der Waals surface area contributed by atoms with Gasteiger partial charge in [-0.25, -0.2) is 0 Å². The van der Waals surface area contributed by atoms with E-state index >= 15 is 0 Å². The molecule has 0 aliphatic heterocycles. The van der Waals surface area contributed by atoms with Gasteiger partial charge in [-0.1, -0.05) is 19.3 Å². The first-order valence-corrected chi connectivity index (χ1v) is 6.99. The number of hydrogen-bond donors (Lipinski definition) is 1. The minimum Gasteiger partial charge on any atom is -0.497 e. The molecule has 0 spiro atoms. The third kappa shape index (κ3) is 2.25. The monoisotopic (exact) mass is 257 g/mol. The summed E-state index contributed by atoms with van der Waals surface area (Å²) in [5.41, 5.74) is 1.82. The SMILES string of the molecule is COc1ccc2[nH]cc(C(=O)C3CCCCC3)c2c1. The number of ketones is 1. The van der Waals surface area contributed by atoms with Gasteiger partial charge in [-0.2, -0.15) is 0 Å². The van der Waals surface area contributed by atoms with E-state index in [1.807, 2.05) is 24.4 Å². The van der Waals surface area contributed by atoms with Crippen molar-refractivity contribution in [3.05, 3.63) is 30.0 Å². The molecule has 1 aromatic heterocycles. The number of rotatable bonds is 3. The van der Waals surface area contributed by atoms with Gasteiger partial charge in [0.2, 0.25) is 0 Å². The number of ether oxygens (including phenoxy) is 1. The second-order valence-electron chi connectivity index (χ2n) is 5.31. The van der Waals surface area contributed by atoms with Crippen molar-refractivity contribution in [2.24, 2.45) is 5.92 Å². The van der Waals surface area contributed by atoms with Crippen LogP contribution in [0.4, 0.5) is 0 Å². The Hall–Kier alpha value is -1.77. The smallest absolute Gasteiger partial charge is 0.168 e. The predicted octanol–water partition coefficient (Wildman–Crippen LogP) is 3.94. The summed E-state index contributed by atoms with van der Waals surface area (Å²) in [5.74, 6) is 1.29. The summed E-state index contributed by atoms with van der Waals surface area (Å²) in [5, 5.41) is 0.981. The van der Waals surface area contributed by atoms with Crippen LogP contribution < -0.4 is 4.74 Å². The molecule has 1 N–H and O–H groups in total. The minimum atomic E-state index is 0.207. The lowest BCUT2D eigenvalue weighted by Crippen LogP contribution is -2.17. The highest BCUT2D eigenvalue weighted by atomic mass is 16.5. The molecular weight excluding hydrogens is 238 g/mol. The Morgan fingerprint density at radius 2 is 2.05 bits per heavy atom. The molecule has 1 aromatic carbocycles. The van der Waals surface area contributed by atoms with Gasteiger partial charge in [-0.05, 0) is 31.0 Å². The highest BCUT2D eigenvalue weighted by Crippen LogP contribution is 2.30. The second kappa shape index (κ2) is 5.08. The zero-order valence-electron chi connectivity index (χ0n) is 11.2. The van der Waals surface area contributed by atoms with Gasteiger partial charge < -0.3 is 9.72 Å². The lowest BCUT2D eigenvalue weighted by Gasteiger charge is -2.19. The van der Waals surface area contributed by atoms with Gasteiger partial charge in [0.1, 0.15) is 5.75 Å². The first-order chi connectivity index (χ1) is 9.29. The number of methoxy groups -OCH3 is 1. The average molecular weight is 257 g/mol. The number of Topliss-reactive ketones (excluding diaryl/α,β-unsaturated/α-hetero) is 1. The molecule has 1 fully saturated rings. The number of H-pyrrole nitrogens is 1. The molecule has 0 amide bonds. The molecule has 19 heavy (non-hydrogen) atoms. The normalized spacial score (nSPS) is 16.7. The van der Waals surface area contributed by atoms with Crippen molar-refractivity contribution in [3.63, 3.8) is 0 Å². The molecule has 0 saturated heterocycles. The molecular formula is C16H19NO2. The van der Waals surface area contributed by atoms with E-state index in [0.29, 0.717) is 5.78 Å². The number of aromatic amines is 1. The largest absolute Gasteiger partial charge is 0.497 e. The Balaban J connectivity index is 1.97. The number of carbonyl (C=O) groups is 1. The summed E-state index contributed by atoms with van der Waals surface area (Å²) in [6.45, 7) is 0. The van der Waals surface area contributed by atoms with Crippen molar-refractivity contribution in [2.45, 2.75) is 32.1 Å². The van der Waals surface area contributed by atoms with Gasteiger partial charge in [-0.3, -0.25) is 4.79 Å². The fourth-order valence-corrected chi connectivity index (χ4v) is 3.02. The number of nitrogens with one attached hydrogen (secondary N) is 1. The molecule has 3 nitrogen and oxygen atoms in total. The number of fused-ring (bicyclic) bond motifs is 1. The lowest BCUT2D eigenvalue weighted by atomic mass is 9.84. The first-order valence-electron chi connectivity index (χ1n) is 6.99. The van der Waals surface area contributed by atoms with Crippen LogP contribution in [0, 0.1) is 5.92 Å². The molecule has 0 atom stereocenters. The second-order valence-corrected chi connectivity index (χ2v) is 5.31. The third-order valence-corrected chi connectivity index (χ3v) is 4.13. The van der Waals surface area contributed by atoms with Crippen LogP contribution in [-0.2, 0) is 0 Å². The van der Waals surface area contributed by atoms with Gasteiger partial charge in [0.25, 0.3) is 0 Å². The molecule has 0 radical (unpaired) electrons. The van der Waals surface area contributed by atoms with Crippen molar-refractivity contribution in [1.29, 1.82) is 0 Å². The molecule has 0 unspecified atom stereocenters. The van der Waals surface area contributed by atoms with Crippen LogP contribution in [0.25, 0.3) is 10.9 Å². The van der Waals surface area contributed by atoms with Crippen LogP contribution in [0.5, 0.6) is 5.75 Å². The lowest BCUT2D eigenvalue weighted by molar-refractivity contribution is 0.0891. The maximum atomic E-state index is 12.6. The van der Waals surface area contributed by atoms with Crippen LogP contribution in [-0.4, -0.2) is 17.9 Å². The summed E-state index contributed by atoms with van der Waals surface area (Å²) in [6, 6.07) is 5.82. The van der Waals surface area contributed by atoms with Crippen molar-refractivity contribution < 1.29 is 9.53 Å². The molecule has 1 heterocycles. The van der Waals surface area contributed by atoms with E-state index in [1.165, 1.54) is 19.3 Å². The molecule has 100 valence electrons. The van der Waals surface area contributed by atoms with Crippen LogP contribution in [0.2, 0.25) is 0 Å². The van der Waals surface area contributed by atoms with Gasteiger partial charge >= 0.3 is 0 Å². The Bertz CT molecular complexity index is 594. The van der Waals surface area contributed by atoms with E-state index in [9.17, 15) is 4.79 Å². The number of hydrogen-bond acceptors (Lipinski definition) is 2. The van der Waals surface area contributed by atoms with Crippen molar-refractivity contribution in [2.75, 3.05) is 7.11 Å². The Morgan fingerprint density at radius 1 is 1.26 bits per heavy atom. The van der Waals surface area contributed by atoms with Crippen LogP contribution in [0.1, 0.15) is 42.5 Å². The zero-order valence-corrected chi connectivity index (χ0v) is 11.2. The molecule has 2 aromatic rings. The molecule has 3 rings (SSSR count). The van der Waals surface area contributed by atoms with E-state index in [4.69, 9.17) is 4.74 Å². The summed E-state index contributed by atoms with van der Waals surface area (Å²) >= 11 is 0. The van der Waals surface area contributed by atoms with Crippen molar-refractivity contribution in [3.8, 4) is 5.75 Å². The number of aromatic nitrogens is 1. The van der Waals surface area contributed by atoms with Crippen molar-refractivity contribution >= 4 is 16.7 Å². The average Bonchev–Trinajstić information content (AvgIpc) is 2.90. The highest BCUT2D eigenvalue weighted by Gasteiger charge is 2.24. The molecule has 3 heteroatoms. The Labute approximate surface area is 113 Å². The fraction of sp³-hybridized carbons (Fsp3) is 0.438. The maximum Gasteiger partial charge on any atom is 0.168 e. The zero-order chi connectivity index (χ0) is 13.2. The quantitative estimate of drug-likeness (QED) is 0.846. The van der Waals surface area contributed by atoms with Crippen LogP contribution >= 0.6 is 0 Å². The van der Waals surface area contributed by atoms with E-state index in [2.05, 4.69) is 4.98 Å². The summed E-state index contributed by atoms with van der Waals surface area (Å²) in [4.78, 5) is 15.8. The van der Waals surface area contributed by atoms with Gasteiger partial charge in [-0.15, -0.1) is 0 Å². The first kappa shape index (κ1) is 12.3. The number of carbonyl (C=O) groups excluding carboxylic acids is 1. The van der Waals surface area contributed by atoms with E-state index in [0.717, 1.165) is 35.1 Å². The van der Waals surface area contributed by atoms with Crippen LogP contribution in [0.15, 0.2) is 24.4 Å². The molecule has 1 aliphatic rings. The van der Waals surface area contributed by atoms with Gasteiger partial charge in [0.15, 0.2) is 5.78 Å². The van der Waals surface area contributed by atoms with E-state index in [-0.39, 0.29) is 5.92 Å². The Morgan fingerprint density at radius 3 is 2.79 bits per heavy atom. The predicted molar refractivity (Wildman–Crippen MR) is 75.8 cm³/mol. The summed E-state index contributed by atoms with van der Waals surface area (Å²) in [6.07, 6.45) is 7.56. The fourth-order valence-electron chi connectivity index (χ4n) is 3.02. The van der Waals surface area contributed by atoms with Gasteiger partial charge in [0.05, 0.1) is 7.11 Å². The van der Waals surface area contributed by atoms with Crippen molar-refractivity contribution in [1.82, 2.24) is 4.98 Å². The third-order valence-electron chi connectivity index (χ3n) is 4.13. The van der Waals surface area contributed by atoms with E-state index in [1.54, 1.807) is 7.11 Å². The maximum absolute atomic E-state index is 12.6. The minimum absolute atomic E-state index is 0.207. The summed E-state index contributed by atoms with van der Waals surface area (Å²) in [7, 11) is 1.65. The standard InChI is InChI=1S/C16H19NO2/c1-19-12-7-8-15-13(9-12)14(10-17-15)16(18)11-5-3-2-4-6-11/h7-11,17H,2-6H2,1H3. The number of benzene rings is 1. The Kier molecular flexibility index (Phi) is 3.28. The molecule has 1 aliphatic carbocycles. The van der Waals surface area contributed by atoms with Gasteiger partial charge in [0, 0.05) is 28.6 Å².